The molecule has 5 rings (SSSR count). The SMILES string of the molecule is CCCOc1ccc(/C(O)=C2\C(=O)C(=O)N(c3nnc(SCc4ccc(Cl)cc4Cl)s3)C2c2ccc(OCCC(C)C)c(OCC)c2)cc1. The van der Waals surface area contributed by atoms with Crippen molar-refractivity contribution in [3.8, 4) is 17.2 Å². The zero-order valence-electron chi connectivity index (χ0n) is 27.6. The van der Waals surface area contributed by atoms with Crippen molar-refractivity contribution < 1.29 is 28.9 Å². The van der Waals surface area contributed by atoms with Crippen molar-refractivity contribution in [2.75, 3.05) is 24.7 Å². The van der Waals surface area contributed by atoms with Crippen LogP contribution in [0.3, 0.4) is 0 Å². The Morgan fingerprint density at radius 1 is 0.959 bits per heavy atom. The third kappa shape index (κ3) is 8.70. The monoisotopic (exact) mass is 741 g/mol. The maximum atomic E-state index is 13.8. The number of thioether (sulfide) groups is 1. The lowest BCUT2D eigenvalue weighted by Gasteiger charge is -2.24. The van der Waals surface area contributed by atoms with E-state index in [-0.39, 0.29) is 16.5 Å². The number of ether oxygens (including phenoxy) is 3. The number of benzene rings is 3. The van der Waals surface area contributed by atoms with Crippen LogP contribution in [0.1, 0.15) is 63.3 Å². The van der Waals surface area contributed by atoms with Crippen LogP contribution in [0.15, 0.2) is 70.6 Å². The lowest BCUT2D eigenvalue weighted by molar-refractivity contribution is -0.132. The number of anilines is 1. The summed E-state index contributed by atoms with van der Waals surface area (Å²) in [6.45, 7) is 9.53. The number of nitrogens with zero attached hydrogens (tertiary/aromatic N) is 3. The Morgan fingerprint density at radius 3 is 2.43 bits per heavy atom. The van der Waals surface area contributed by atoms with E-state index in [1.165, 1.54) is 16.7 Å². The van der Waals surface area contributed by atoms with Crippen LogP contribution in [0.2, 0.25) is 10.0 Å². The molecule has 0 spiro atoms. The molecule has 0 aliphatic carbocycles. The molecule has 1 atom stereocenters. The fraction of sp³-hybridized carbons (Fsp3) is 0.333. The summed E-state index contributed by atoms with van der Waals surface area (Å²) >= 11 is 15.0. The fourth-order valence-corrected chi connectivity index (χ4v) is 7.48. The molecule has 1 fully saturated rings. The maximum Gasteiger partial charge on any atom is 0.301 e. The molecule has 3 aromatic carbocycles. The number of aliphatic hydroxyl groups is 1. The number of carbonyl (C=O) groups is 2. The van der Waals surface area contributed by atoms with Gasteiger partial charge in [-0.25, -0.2) is 0 Å². The van der Waals surface area contributed by atoms with Gasteiger partial charge in [-0.05, 0) is 85.3 Å². The summed E-state index contributed by atoms with van der Waals surface area (Å²) in [5.41, 5.74) is 1.67. The standard InChI is InChI=1S/C36H37Cl2N3O6S2/c1-5-16-46-26-12-8-22(9-13-26)32(42)30-31(23-10-14-28(29(18-23)45-6-2)47-17-15-21(3)4)41(34(44)33(30)43)35-39-40-36(49-35)48-20-24-7-11-25(37)19-27(24)38/h7-14,18-19,21,31,42H,5-6,15-17,20H2,1-4H3/b32-30+. The van der Waals surface area contributed by atoms with Gasteiger partial charge in [0.1, 0.15) is 11.5 Å². The molecule has 1 aromatic heterocycles. The van der Waals surface area contributed by atoms with Crippen LogP contribution in [0.4, 0.5) is 5.13 Å². The Hall–Kier alpha value is -3.77. The largest absolute Gasteiger partial charge is 0.507 e. The Labute approximate surface area is 304 Å². The topological polar surface area (TPSA) is 111 Å². The van der Waals surface area contributed by atoms with E-state index in [9.17, 15) is 14.7 Å². The molecule has 13 heteroatoms. The van der Waals surface area contributed by atoms with Crippen LogP contribution in [-0.2, 0) is 15.3 Å². The minimum absolute atomic E-state index is 0.0829. The fourth-order valence-electron chi connectivity index (χ4n) is 5.05. The molecule has 2 heterocycles. The van der Waals surface area contributed by atoms with Crippen LogP contribution in [0.25, 0.3) is 5.76 Å². The number of ketones is 1. The van der Waals surface area contributed by atoms with Crippen LogP contribution < -0.4 is 19.1 Å². The molecule has 1 unspecified atom stereocenters. The van der Waals surface area contributed by atoms with Gasteiger partial charge < -0.3 is 19.3 Å². The predicted octanol–water partition coefficient (Wildman–Crippen LogP) is 9.38. The first kappa shape index (κ1) is 36.5. The zero-order chi connectivity index (χ0) is 35.1. The molecule has 258 valence electrons. The van der Waals surface area contributed by atoms with Gasteiger partial charge in [0.05, 0.1) is 31.4 Å². The Bertz CT molecular complexity index is 1830. The third-order valence-electron chi connectivity index (χ3n) is 7.55. The lowest BCUT2D eigenvalue weighted by Crippen LogP contribution is -2.29. The second kappa shape index (κ2) is 16.8. The smallest absolute Gasteiger partial charge is 0.301 e. The average molecular weight is 743 g/mol. The molecular formula is C36H37Cl2N3O6S2. The molecule has 9 nitrogen and oxygen atoms in total. The van der Waals surface area contributed by atoms with Crippen molar-refractivity contribution in [1.82, 2.24) is 10.2 Å². The summed E-state index contributed by atoms with van der Waals surface area (Å²) in [5.74, 6) is 0.574. The first-order valence-electron chi connectivity index (χ1n) is 15.9. The molecule has 0 bridgehead atoms. The van der Waals surface area contributed by atoms with E-state index in [1.54, 1.807) is 54.6 Å². The molecule has 0 saturated carbocycles. The Balaban J connectivity index is 1.55. The highest BCUT2D eigenvalue weighted by molar-refractivity contribution is 8.00. The van der Waals surface area contributed by atoms with Gasteiger partial charge in [-0.2, -0.15) is 0 Å². The molecule has 1 aliphatic heterocycles. The van der Waals surface area contributed by atoms with Crippen LogP contribution in [0.5, 0.6) is 17.2 Å². The van der Waals surface area contributed by atoms with Crippen molar-refractivity contribution in [3.05, 3.63) is 93.0 Å². The predicted molar refractivity (Wildman–Crippen MR) is 196 cm³/mol. The summed E-state index contributed by atoms with van der Waals surface area (Å²) in [6, 6.07) is 16.3. The van der Waals surface area contributed by atoms with Crippen LogP contribution in [-0.4, -0.2) is 46.8 Å². The van der Waals surface area contributed by atoms with E-state index in [0.717, 1.165) is 29.7 Å². The molecule has 0 radical (unpaired) electrons. The number of aromatic nitrogens is 2. The van der Waals surface area contributed by atoms with Gasteiger partial charge in [0.2, 0.25) is 5.13 Å². The maximum absolute atomic E-state index is 13.8. The van der Waals surface area contributed by atoms with Gasteiger partial charge in [-0.3, -0.25) is 14.5 Å². The second-order valence-electron chi connectivity index (χ2n) is 11.6. The van der Waals surface area contributed by atoms with E-state index >= 15 is 0 Å². The highest BCUT2D eigenvalue weighted by atomic mass is 35.5. The van der Waals surface area contributed by atoms with E-state index in [1.807, 2.05) is 19.9 Å². The Kier molecular flexibility index (Phi) is 12.5. The van der Waals surface area contributed by atoms with Gasteiger partial charge in [-0.1, -0.05) is 79.2 Å². The van der Waals surface area contributed by atoms with Crippen molar-refractivity contribution in [1.29, 1.82) is 0 Å². The molecular weight excluding hydrogens is 705 g/mol. The third-order valence-corrected chi connectivity index (χ3v) is 10.2. The first-order chi connectivity index (χ1) is 23.6. The van der Waals surface area contributed by atoms with E-state index in [4.69, 9.17) is 37.4 Å². The molecule has 1 N–H and O–H groups in total. The van der Waals surface area contributed by atoms with Crippen molar-refractivity contribution in [3.63, 3.8) is 0 Å². The van der Waals surface area contributed by atoms with Crippen molar-refractivity contribution >= 4 is 68.9 Å². The van der Waals surface area contributed by atoms with E-state index < -0.39 is 17.7 Å². The van der Waals surface area contributed by atoms with Gasteiger partial charge >= 0.3 is 5.91 Å². The van der Waals surface area contributed by atoms with Gasteiger partial charge in [0.25, 0.3) is 5.78 Å². The normalized spacial score (nSPS) is 15.7. The number of carbonyl (C=O) groups excluding carboxylic acids is 2. The summed E-state index contributed by atoms with van der Waals surface area (Å²) in [7, 11) is 0. The van der Waals surface area contributed by atoms with Gasteiger partial charge in [0.15, 0.2) is 15.8 Å². The zero-order valence-corrected chi connectivity index (χ0v) is 30.7. The number of rotatable bonds is 15. The Morgan fingerprint density at radius 2 is 1.73 bits per heavy atom. The van der Waals surface area contributed by atoms with E-state index in [2.05, 4.69) is 24.0 Å². The molecule has 4 aromatic rings. The second-order valence-corrected chi connectivity index (χ2v) is 14.6. The quantitative estimate of drug-likeness (QED) is 0.0419. The number of halogens is 2. The number of hydrogen-bond acceptors (Lipinski definition) is 10. The van der Waals surface area contributed by atoms with Crippen molar-refractivity contribution in [2.45, 2.75) is 56.7 Å². The molecule has 1 saturated heterocycles. The van der Waals surface area contributed by atoms with Crippen LogP contribution in [0, 0.1) is 5.92 Å². The summed E-state index contributed by atoms with van der Waals surface area (Å²) in [5, 5.41) is 21.5. The number of aliphatic hydroxyl groups excluding tert-OH is 1. The van der Waals surface area contributed by atoms with E-state index in [0.29, 0.717) is 74.3 Å². The van der Waals surface area contributed by atoms with Gasteiger partial charge in [-0.15, -0.1) is 10.2 Å². The number of amides is 1. The molecule has 1 aliphatic rings. The summed E-state index contributed by atoms with van der Waals surface area (Å²) < 4.78 is 18.3. The minimum Gasteiger partial charge on any atom is -0.507 e. The molecule has 1 amide bonds. The summed E-state index contributed by atoms with van der Waals surface area (Å²) in [6.07, 6.45) is 1.70. The number of Topliss-reactive ketones (excluding diaryl/α,β-unsaturated/α-hetero) is 1. The molecule has 49 heavy (non-hydrogen) atoms. The number of hydrogen-bond donors (Lipinski definition) is 1. The summed E-state index contributed by atoms with van der Waals surface area (Å²) in [4.78, 5) is 28.9. The first-order valence-corrected chi connectivity index (χ1v) is 18.5. The lowest BCUT2D eigenvalue weighted by atomic mass is 9.95. The highest BCUT2D eigenvalue weighted by Crippen LogP contribution is 2.46. The van der Waals surface area contributed by atoms with Crippen molar-refractivity contribution in [2.24, 2.45) is 5.92 Å². The van der Waals surface area contributed by atoms with Gasteiger partial charge in [0, 0.05) is 21.4 Å². The average Bonchev–Trinajstić information content (AvgIpc) is 3.65. The highest BCUT2D eigenvalue weighted by Gasteiger charge is 2.48. The minimum atomic E-state index is -1.03. The van der Waals surface area contributed by atoms with Crippen LogP contribution >= 0.6 is 46.3 Å².